The van der Waals surface area contributed by atoms with Gasteiger partial charge in [-0.25, -0.2) is 4.98 Å². The summed E-state index contributed by atoms with van der Waals surface area (Å²) in [6.45, 7) is 1.93. The second-order valence-electron chi connectivity index (χ2n) is 6.48. The molecule has 1 aromatic heterocycles. The van der Waals surface area contributed by atoms with Gasteiger partial charge in [-0.2, -0.15) is 4.98 Å². The van der Waals surface area contributed by atoms with Crippen LogP contribution in [0.5, 0.6) is 11.5 Å². The zero-order valence-corrected chi connectivity index (χ0v) is 16.8. The molecule has 0 fully saturated rings. The lowest BCUT2D eigenvalue weighted by Gasteiger charge is -2.14. The van der Waals surface area contributed by atoms with Gasteiger partial charge in [0.1, 0.15) is 17.3 Å². The van der Waals surface area contributed by atoms with E-state index in [9.17, 15) is 0 Å². The molecule has 2 N–H and O–H groups in total. The normalized spacial score (nSPS) is 10.3. The number of aromatic nitrogens is 2. The maximum absolute atomic E-state index is 5.41. The zero-order chi connectivity index (χ0) is 20.1. The predicted octanol–water partition coefficient (Wildman–Crippen LogP) is 4.36. The van der Waals surface area contributed by atoms with E-state index in [2.05, 4.69) is 37.6 Å². The Bertz CT molecular complexity index is 942. The molecular formula is C21H25N5O2. The number of nitrogens with one attached hydrogen (secondary N) is 2. The number of anilines is 5. The quantitative estimate of drug-likeness (QED) is 0.632. The molecule has 0 atom stereocenters. The standard InChI is InChI=1S/C21H25N5O2/c1-14-12-20(23-15-6-8-16(9-7-15)26(2)3)25-21(22-14)24-18-13-17(27-4)10-11-19(18)28-5/h6-13H,1-5H3,(H2,22,23,24,25). The number of benzene rings is 2. The molecule has 0 radical (unpaired) electrons. The topological polar surface area (TPSA) is 71.5 Å². The van der Waals surface area contributed by atoms with Crippen LogP contribution in [-0.2, 0) is 0 Å². The third-order valence-corrected chi connectivity index (χ3v) is 4.16. The Morgan fingerprint density at radius 1 is 0.857 bits per heavy atom. The Kier molecular flexibility index (Phi) is 5.84. The summed E-state index contributed by atoms with van der Waals surface area (Å²) in [7, 11) is 7.27. The SMILES string of the molecule is COc1ccc(OC)c(Nc2nc(C)cc(Nc3ccc(N(C)C)cc3)n2)c1. The van der Waals surface area contributed by atoms with Crippen LogP contribution in [0.4, 0.5) is 28.8 Å². The fourth-order valence-corrected chi connectivity index (χ4v) is 2.71. The molecule has 0 spiro atoms. The number of ether oxygens (including phenoxy) is 2. The van der Waals surface area contributed by atoms with Gasteiger partial charge in [-0.05, 0) is 43.3 Å². The fraction of sp³-hybridized carbons (Fsp3) is 0.238. The van der Waals surface area contributed by atoms with Crippen molar-refractivity contribution in [2.24, 2.45) is 0 Å². The molecule has 0 amide bonds. The molecule has 0 aliphatic heterocycles. The van der Waals surface area contributed by atoms with Gasteiger partial charge in [0.25, 0.3) is 0 Å². The van der Waals surface area contributed by atoms with E-state index < -0.39 is 0 Å². The number of hydrogen-bond acceptors (Lipinski definition) is 7. The molecule has 0 saturated carbocycles. The highest BCUT2D eigenvalue weighted by Gasteiger charge is 2.09. The van der Waals surface area contributed by atoms with E-state index in [0.717, 1.165) is 28.5 Å². The minimum absolute atomic E-state index is 0.471. The van der Waals surface area contributed by atoms with Crippen molar-refractivity contribution < 1.29 is 9.47 Å². The summed E-state index contributed by atoms with van der Waals surface area (Å²) in [5.41, 5.74) is 3.66. The van der Waals surface area contributed by atoms with E-state index in [0.29, 0.717) is 17.5 Å². The van der Waals surface area contributed by atoms with Crippen LogP contribution in [0.15, 0.2) is 48.5 Å². The largest absolute Gasteiger partial charge is 0.497 e. The molecule has 0 aliphatic carbocycles. The molecule has 7 nitrogen and oxygen atoms in total. The highest BCUT2D eigenvalue weighted by Crippen LogP contribution is 2.31. The first kappa shape index (κ1) is 19.3. The summed E-state index contributed by atoms with van der Waals surface area (Å²) in [6, 6.07) is 15.6. The van der Waals surface area contributed by atoms with Crippen LogP contribution in [0.1, 0.15) is 5.69 Å². The summed E-state index contributed by atoms with van der Waals surface area (Å²) >= 11 is 0. The van der Waals surface area contributed by atoms with Gasteiger partial charge >= 0.3 is 0 Å². The number of rotatable bonds is 7. The third kappa shape index (κ3) is 4.62. The van der Waals surface area contributed by atoms with Crippen molar-refractivity contribution >= 4 is 28.8 Å². The maximum Gasteiger partial charge on any atom is 0.229 e. The van der Waals surface area contributed by atoms with Crippen molar-refractivity contribution in [1.29, 1.82) is 0 Å². The van der Waals surface area contributed by atoms with Crippen LogP contribution in [0.3, 0.4) is 0 Å². The molecule has 146 valence electrons. The van der Waals surface area contributed by atoms with Gasteiger partial charge < -0.3 is 25.0 Å². The fourth-order valence-electron chi connectivity index (χ4n) is 2.71. The van der Waals surface area contributed by atoms with Crippen LogP contribution >= 0.6 is 0 Å². The number of aryl methyl sites for hydroxylation is 1. The lowest BCUT2D eigenvalue weighted by atomic mass is 10.2. The van der Waals surface area contributed by atoms with Crippen LogP contribution < -0.4 is 25.0 Å². The molecular weight excluding hydrogens is 354 g/mol. The first-order valence-electron chi connectivity index (χ1n) is 8.87. The lowest BCUT2D eigenvalue weighted by Crippen LogP contribution is -2.08. The van der Waals surface area contributed by atoms with Crippen LogP contribution in [0.25, 0.3) is 0 Å². The Hall–Kier alpha value is -3.48. The van der Waals surface area contributed by atoms with Crippen LogP contribution in [-0.4, -0.2) is 38.3 Å². The first-order chi connectivity index (χ1) is 13.5. The molecule has 2 aromatic carbocycles. The summed E-state index contributed by atoms with van der Waals surface area (Å²) in [5.74, 6) is 2.57. The molecule has 3 rings (SSSR count). The van der Waals surface area contributed by atoms with E-state index in [4.69, 9.17) is 9.47 Å². The van der Waals surface area contributed by atoms with E-state index in [-0.39, 0.29) is 0 Å². The predicted molar refractivity (Wildman–Crippen MR) is 114 cm³/mol. The highest BCUT2D eigenvalue weighted by molar-refractivity contribution is 5.67. The summed E-state index contributed by atoms with van der Waals surface area (Å²) in [4.78, 5) is 11.1. The molecule has 0 aliphatic rings. The second kappa shape index (κ2) is 8.47. The number of methoxy groups -OCH3 is 2. The van der Waals surface area contributed by atoms with Gasteiger partial charge in [0.15, 0.2) is 0 Å². The maximum atomic E-state index is 5.41. The average molecular weight is 379 g/mol. The molecule has 0 unspecified atom stereocenters. The van der Waals surface area contributed by atoms with Crippen LogP contribution in [0.2, 0.25) is 0 Å². The van der Waals surface area contributed by atoms with Gasteiger partial charge in [0, 0.05) is 43.3 Å². The first-order valence-corrected chi connectivity index (χ1v) is 8.87. The summed E-state index contributed by atoms with van der Waals surface area (Å²) in [6.07, 6.45) is 0. The van der Waals surface area contributed by atoms with Gasteiger partial charge in [-0.15, -0.1) is 0 Å². The minimum atomic E-state index is 0.471. The van der Waals surface area contributed by atoms with Crippen molar-refractivity contribution in [2.75, 3.05) is 43.8 Å². The molecule has 1 heterocycles. The van der Waals surface area contributed by atoms with Crippen molar-refractivity contribution in [2.45, 2.75) is 6.92 Å². The number of nitrogens with zero attached hydrogens (tertiary/aromatic N) is 3. The van der Waals surface area contributed by atoms with Gasteiger partial charge in [-0.1, -0.05) is 0 Å². The Morgan fingerprint density at radius 2 is 1.61 bits per heavy atom. The molecule has 28 heavy (non-hydrogen) atoms. The summed E-state index contributed by atoms with van der Waals surface area (Å²) in [5, 5.41) is 6.54. The van der Waals surface area contributed by atoms with Gasteiger partial charge in [0.2, 0.25) is 5.95 Å². The zero-order valence-electron chi connectivity index (χ0n) is 16.8. The van der Waals surface area contributed by atoms with E-state index in [1.54, 1.807) is 14.2 Å². The Morgan fingerprint density at radius 3 is 2.25 bits per heavy atom. The minimum Gasteiger partial charge on any atom is -0.497 e. The Balaban J connectivity index is 1.84. The molecule has 3 aromatic rings. The Labute approximate surface area is 165 Å². The third-order valence-electron chi connectivity index (χ3n) is 4.16. The van der Waals surface area contributed by atoms with E-state index in [1.807, 2.05) is 57.4 Å². The van der Waals surface area contributed by atoms with E-state index >= 15 is 0 Å². The molecule has 7 heteroatoms. The highest BCUT2D eigenvalue weighted by atomic mass is 16.5. The van der Waals surface area contributed by atoms with Gasteiger partial charge in [0.05, 0.1) is 19.9 Å². The van der Waals surface area contributed by atoms with Crippen molar-refractivity contribution in [3.05, 3.63) is 54.2 Å². The number of hydrogen-bond donors (Lipinski definition) is 2. The van der Waals surface area contributed by atoms with Crippen molar-refractivity contribution in [1.82, 2.24) is 9.97 Å². The monoisotopic (exact) mass is 379 g/mol. The average Bonchev–Trinajstić information content (AvgIpc) is 2.68. The summed E-state index contributed by atoms with van der Waals surface area (Å²) < 4.78 is 10.7. The second-order valence-corrected chi connectivity index (χ2v) is 6.48. The van der Waals surface area contributed by atoms with Crippen molar-refractivity contribution in [3.8, 4) is 11.5 Å². The lowest BCUT2D eigenvalue weighted by molar-refractivity contribution is 0.405. The smallest absolute Gasteiger partial charge is 0.229 e. The van der Waals surface area contributed by atoms with E-state index in [1.165, 1.54) is 0 Å². The molecule has 0 saturated heterocycles. The van der Waals surface area contributed by atoms with Gasteiger partial charge in [-0.3, -0.25) is 0 Å². The van der Waals surface area contributed by atoms with Crippen LogP contribution in [0, 0.1) is 6.92 Å². The van der Waals surface area contributed by atoms with Crippen molar-refractivity contribution in [3.63, 3.8) is 0 Å². The molecule has 0 bridgehead atoms.